The Morgan fingerprint density at radius 3 is 2.13 bits per heavy atom. The highest BCUT2D eigenvalue weighted by atomic mass is 19.4. The molecular weight excluding hydrogens is 207 g/mol. The second kappa shape index (κ2) is 4.00. The van der Waals surface area contributed by atoms with Crippen LogP contribution in [0.2, 0.25) is 0 Å². The molecule has 1 aromatic carbocycles. The molecule has 5 heteroatoms. The van der Waals surface area contributed by atoms with Gasteiger partial charge < -0.3 is 5.11 Å². The summed E-state index contributed by atoms with van der Waals surface area (Å²) in [5, 5.41) is 9.35. The first-order valence-corrected chi connectivity index (χ1v) is 4.48. The van der Waals surface area contributed by atoms with Gasteiger partial charge in [0.2, 0.25) is 0 Å². The van der Waals surface area contributed by atoms with Crippen LogP contribution >= 0.6 is 0 Å². The third-order valence-corrected chi connectivity index (χ3v) is 1.93. The van der Waals surface area contributed by atoms with E-state index in [1.165, 1.54) is 38.1 Å². The molecule has 0 aliphatic heterocycles. The summed E-state index contributed by atoms with van der Waals surface area (Å²) in [6.45, 7) is 2.83. The van der Waals surface area contributed by atoms with Crippen LogP contribution in [0, 0.1) is 0 Å². The molecule has 0 fully saturated rings. The van der Waals surface area contributed by atoms with Gasteiger partial charge in [-0.25, -0.2) is 0 Å². The van der Waals surface area contributed by atoms with Crippen LogP contribution in [0.1, 0.15) is 13.8 Å². The van der Waals surface area contributed by atoms with E-state index in [2.05, 4.69) is 0 Å². The van der Waals surface area contributed by atoms with E-state index >= 15 is 0 Å². The number of alkyl halides is 3. The molecule has 0 aromatic heterocycles. The normalized spacial score (nSPS) is 11.9. The zero-order valence-corrected chi connectivity index (χ0v) is 8.42. The summed E-state index contributed by atoms with van der Waals surface area (Å²) >= 11 is 0. The summed E-state index contributed by atoms with van der Waals surface area (Å²) in [6, 6.07) is 4.64. The monoisotopic (exact) mass is 219 g/mol. The van der Waals surface area contributed by atoms with E-state index in [4.69, 9.17) is 0 Å². The second-order valence-electron chi connectivity index (χ2n) is 3.42. The fraction of sp³-hybridized carbons (Fsp3) is 0.400. The molecule has 1 rings (SSSR count). The lowest BCUT2D eigenvalue weighted by Gasteiger charge is -2.31. The van der Waals surface area contributed by atoms with E-state index in [0.717, 1.165) is 0 Å². The summed E-state index contributed by atoms with van der Waals surface area (Å²) in [5.74, 6) is -0.372. The van der Waals surface area contributed by atoms with Crippen molar-refractivity contribution >= 4 is 5.69 Å². The topological polar surface area (TPSA) is 23.5 Å². The Balaban J connectivity index is 3.17. The highest BCUT2D eigenvalue weighted by molar-refractivity contribution is 5.58. The molecule has 1 N–H and O–H groups in total. The number of rotatable bonds is 2. The molecule has 0 saturated carbocycles. The summed E-state index contributed by atoms with van der Waals surface area (Å²) in [4.78, 5) is 0.225. The first-order chi connectivity index (χ1) is 6.84. The van der Waals surface area contributed by atoms with Gasteiger partial charge in [0.15, 0.2) is 0 Å². The summed E-state index contributed by atoms with van der Waals surface area (Å²) in [7, 11) is 0. The van der Waals surface area contributed by atoms with E-state index < -0.39 is 12.3 Å². The van der Waals surface area contributed by atoms with Crippen molar-refractivity contribution in [1.29, 1.82) is 0 Å². The van der Waals surface area contributed by atoms with Gasteiger partial charge >= 0.3 is 6.30 Å². The van der Waals surface area contributed by atoms with Gasteiger partial charge in [0.1, 0.15) is 5.75 Å². The van der Waals surface area contributed by atoms with Crippen LogP contribution in [0.3, 0.4) is 0 Å². The van der Waals surface area contributed by atoms with Crippen LogP contribution in [-0.4, -0.2) is 17.4 Å². The molecule has 0 spiro atoms. The van der Waals surface area contributed by atoms with Crippen LogP contribution in [0.15, 0.2) is 24.3 Å². The van der Waals surface area contributed by atoms with Gasteiger partial charge in [-0.1, -0.05) is 12.1 Å². The molecule has 84 valence electrons. The van der Waals surface area contributed by atoms with Gasteiger partial charge in [-0.05, 0) is 26.0 Å². The van der Waals surface area contributed by atoms with E-state index in [1.54, 1.807) is 0 Å². The largest absolute Gasteiger partial charge is 0.506 e. The second-order valence-corrected chi connectivity index (χ2v) is 3.42. The Hall–Kier alpha value is -1.39. The average molecular weight is 219 g/mol. The number of hydrogen-bond acceptors (Lipinski definition) is 2. The first-order valence-electron chi connectivity index (χ1n) is 4.48. The number of phenols is 1. The predicted molar refractivity (Wildman–Crippen MR) is 51.8 cm³/mol. The number of benzene rings is 1. The smallest absolute Gasteiger partial charge is 0.485 e. The average Bonchev–Trinajstić information content (AvgIpc) is 2.05. The summed E-state index contributed by atoms with van der Waals surface area (Å²) < 4.78 is 38.0. The highest BCUT2D eigenvalue weighted by Crippen LogP contribution is 2.36. The van der Waals surface area contributed by atoms with Crippen LogP contribution in [0.5, 0.6) is 5.75 Å². The highest BCUT2D eigenvalue weighted by Gasteiger charge is 2.40. The molecule has 0 heterocycles. The molecule has 0 aliphatic carbocycles. The van der Waals surface area contributed by atoms with E-state index in [9.17, 15) is 18.3 Å². The van der Waals surface area contributed by atoms with Gasteiger partial charge in [-0.3, -0.25) is 4.90 Å². The van der Waals surface area contributed by atoms with E-state index in [1.807, 2.05) is 0 Å². The minimum absolute atomic E-state index is 0.222. The first kappa shape index (κ1) is 11.7. The lowest BCUT2D eigenvalue weighted by Crippen LogP contribution is -2.43. The molecular formula is C10H12F3NO. The zero-order chi connectivity index (χ0) is 11.6. The number of aromatic hydroxyl groups is 1. The molecule has 0 radical (unpaired) electrons. The van der Waals surface area contributed by atoms with Crippen LogP contribution in [-0.2, 0) is 0 Å². The molecule has 0 amide bonds. The van der Waals surface area contributed by atoms with Crippen molar-refractivity contribution in [3.05, 3.63) is 24.3 Å². The Labute approximate surface area is 85.9 Å². The Morgan fingerprint density at radius 1 is 1.20 bits per heavy atom. The van der Waals surface area contributed by atoms with Crippen LogP contribution in [0.4, 0.5) is 18.9 Å². The summed E-state index contributed by atoms with van der Waals surface area (Å²) in [6.07, 6.45) is -4.49. The van der Waals surface area contributed by atoms with Gasteiger partial charge in [0, 0.05) is 6.04 Å². The minimum Gasteiger partial charge on any atom is -0.506 e. The maximum Gasteiger partial charge on any atom is 0.485 e. The quantitative estimate of drug-likeness (QED) is 0.772. The van der Waals surface area contributed by atoms with Crippen molar-refractivity contribution in [2.45, 2.75) is 26.2 Å². The SMILES string of the molecule is CC(C)N(c1ccccc1O)C(F)(F)F. The van der Waals surface area contributed by atoms with Gasteiger partial charge in [0.25, 0.3) is 0 Å². The Kier molecular flexibility index (Phi) is 3.12. The molecule has 0 bridgehead atoms. The third-order valence-electron chi connectivity index (χ3n) is 1.93. The van der Waals surface area contributed by atoms with Crippen molar-refractivity contribution in [1.82, 2.24) is 0 Å². The fourth-order valence-electron chi connectivity index (χ4n) is 1.38. The van der Waals surface area contributed by atoms with Crippen molar-refractivity contribution in [3.8, 4) is 5.75 Å². The fourth-order valence-corrected chi connectivity index (χ4v) is 1.38. The maximum absolute atomic E-state index is 12.7. The van der Waals surface area contributed by atoms with Crippen molar-refractivity contribution in [2.75, 3.05) is 4.90 Å². The van der Waals surface area contributed by atoms with Crippen LogP contribution < -0.4 is 4.90 Å². The van der Waals surface area contributed by atoms with Crippen molar-refractivity contribution in [2.24, 2.45) is 0 Å². The maximum atomic E-state index is 12.7. The molecule has 2 nitrogen and oxygen atoms in total. The lowest BCUT2D eigenvalue weighted by atomic mass is 10.2. The Bertz CT molecular complexity index is 336. The lowest BCUT2D eigenvalue weighted by molar-refractivity contribution is -0.133. The number of anilines is 1. The number of phenolic OH excluding ortho intramolecular Hbond substituents is 1. The number of para-hydroxylation sites is 2. The molecule has 0 atom stereocenters. The molecule has 0 unspecified atom stereocenters. The van der Waals surface area contributed by atoms with E-state index in [0.29, 0.717) is 0 Å². The molecule has 0 saturated heterocycles. The number of nitrogens with zero attached hydrogens (tertiary/aromatic N) is 1. The molecule has 1 aromatic rings. The van der Waals surface area contributed by atoms with Gasteiger partial charge in [-0.15, -0.1) is 0 Å². The standard InChI is InChI=1S/C10H12F3NO/c1-7(2)14(10(11,12)13)8-5-3-4-6-9(8)15/h3-7,15H,1-2H3. The summed E-state index contributed by atoms with van der Waals surface area (Å²) in [5.41, 5.74) is -0.222. The molecule has 15 heavy (non-hydrogen) atoms. The minimum atomic E-state index is -4.49. The van der Waals surface area contributed by atoms with Gasteiger partial charge in [0.05, 0.1) is 5.69 Å². The Morgan fingerprint density at radius 2 is 1.73 bits per heavy atom. The van der Waals surface area contributed by atoms with Crippen LogP contribution in [0.25, 0.3) is 0 Å². The third kappa shape index (κ3) is 2.55. The molecule has 0 aliphatic rings. The zero-order valence-electron chi connectivity index (χ0n) is 8.42. The number of hydrogen-bond donors (Lipinski definition) is 1. The predicted octanol–water partition coefficient (Wildman–Crippen LogP) is 3.13. The van der Waals surface area contributed by atoms with Gasteiger partial charge in [-0.2, -0.15) is 13.2 Å². The number of halogens is 3. The van der Waals surface area contributed by atoms with Crippen molar-refractivity contribution in [3.63, 3.8) is 0 Å². The van der Waals surface area contributed by atoms with E-state index in [-0.39, 0.29) is 16.3 Å². The van der Waals surface area contributed by atoms with Crippen molar-refractivity contribution < 1.29 is 18.3 Å².